The van der Waals surface area contributed by atoms with E-state index in [-0.39, 0.29) is 29.7 Å². The summed E-state index contributed by atoms with van der Waals surface area (Å²) in [4.78, 5) is 15.0. The number of H-pyrrole nitrogens is 1. The molecular weight excluding hydrogens is 426 g/mol. The molecule has 2 heterocycles. The molecule has 3 N–H and O–H groups in total. The summed E-state index contributed by atoms with van der Waals surface area (Å²) in [7, 11) is 0. The van der Waals surface area contributed by atoms with Gasteiger partial charge >= 0.3 is 0 Å². The molecule has 1 aliphatic rings. The number of carbonyl (C=O) groups is 1. The lowest BCUT2D eigenvalue weighted by molar-refractivity contribution is 0.0732. The van der Waals surface area contributed by atoms with Gasteiger partial charge in [-0.15, -0.1) is 0 Å². The van der Waals surface area contributed by atoms with Crippen molar-refractivity contribution >= 4 is 17.5 Å². The second-order valence-electron chi connectivity index (χ2n) is 9.33. The number of benzene rings is 2. The number of aromatic hydroxyl groups is 1. The zero-order valence-electron chi connectivity index (χ0n) is 18.7. The predicted molar refractivity (Wildman–Crippen MR) is 125 cm³/mol. The molecule has 0 fully saturated rings. The molecule has 3 aromatic rings. The van der Waals surface area contributed by atoms with Gasteiger partial charge in [0.25, 0.3) is 5.91 Å². The number of phenols is 1. The highest BCUT2D eigenvalue weighted by Gasteiger charge is 2.42. The normalized spacial score (nSPS) is 16.0. The monoisotopic (exact) mass is 453 g/mol. The summed E-state index contributed by atoms with van der Waals surface area (Å²) in [6, 6.07) is 11.2. The Morgan fingerprint density at radius 1 is 1.19 bits per heavy atom. The van der Waals surface area contributed by atoms with Crippen molar-refractivity contribution in [1.29, 1.82) is 0 Å². The molecule has 1 aromatic heterocycles. The molecule has 4 rings (SSSR count). The molecule has 0 saturated heterocycles. The maximum atomic E-state index is 13.2. The minimum absolute atomic E-state index is 0.00708. The molecule has 7 heteroatoms. The van der Waals surface area contributed by atoms with Crippen LogP contribution in [0.3, 0.4) is 0 Å². The van der Waals surface area contributed by atoms with Crippen molar-refractivity contribution in [2.45, 2.75) is 45.6 Å². The molecule has 32 heavy (non-hydrogen) atoms. The van der Waals surface area contributed by atoms with Crippen molar-refractivity contribution in [3.05, 3.63) is 69.4 Å². The number of aromatic amines is 1. The SMILES string of the molecule is Cc1cc(O)c(-c2n[nH]c3c2C(c2ccc(C(C)(C)C)cc2)N(CCCO)C3=O)cc1Cl. The van der Waals surface area contributed by atoms with E-state index in [4.69, 9.17) is 11.6 Å². The molecule has 1 atom stereocenters. The van der Waals surface area contributed by atoms with Crippen LogP contribution in [-0.4, -0.2) is 44.4 Å². The average Bonchev–Trinajstić information content (AvgIpc) is 3.27. The molecule has 168 valence electrons. The molecule has 1 unspecified atom stereocenters. The summed E-state index contributed by atoms with van der Waals surface area (Å²) >= 11 is 6.34. The Morgan fingerprint density at radius 2 is 1.88 bits per heavy atom. The summed E-state index contributed by atoms with van der Waals surface area (Å²) in [6.45, 7) is 8.69. The number of fused-ring (bicyclic) bond motifs is 1. The Balaban J connectivity index is 1.87. The van der Waals surface area contributed by atoms with Crippen LogP contribution in [-0.2, 0) is 5.41 Å². The first-order valence-electron chi connectivity index (χ1n) is 10.7. The van der Waals surface area contributed by atoms with E-state index in [1.165, 1.54) is 5.56 Å². The van der Waals surface area contributed by atoms with Crippen molar-refractivity contribution in [2.75, 3.05) is 13.2 Å². The third kappa shape index (κ3) is 3.78. The summed E-state index contributed by atoms with van der Waals surface area (Å²) in [5.74, 6) is -0.112. The smallest absolute Gasteiger partial charge is 0.273 e. The molecule has 1 aliphatic heterocycles. The topological polar surface area (TPSA) is 89.5 Å². The van der Waals surface area contributed by atoms with Crippen molar-refractivity contribution < 1.29 is 15.0 Å². The number of carbonyl (C=O) groups excluding carboxylic acids is 1. The zero-order chi connectivity index (χ0) is 23.2. The van der Waals surface area contributed by atoms with Crippen LogP contribution < -0.4 is 0 Å². The van der Waals surface area contributed by atoms with Crippen LogP contribution in [0.4, 0.5) is 0 Å². The van der Waals surface area contributed by atoms with Gasteiger partial charge < -0.3 is 15.1 Å². The fraction of sp³-hybridized carbons (Fsp3) is 0.360. The van der Waals surface area contributed by atoms with Crippen molar-refractivity contribution in [1.82, 2.24) is 15.1 Å². The van der Waals surface area contributed by atoms with Crippen LogP contribution in [0.5, 0.6) is 5.75 Å². The molecule has 0 aliphatic carbocycles. The van der Waals surface area contributed by atoms with Gasteiger partial charge in [-0.1, -0.05) is 56.6 Å². The highest BCUT2D eigenvalue weighted by molar-refractivity contribution is 6.31. The van der Waals surface area contributed by atoms with E-state index in [1.54, 1.807) is 17.0 Å². The van der Waals surface area contributed by atoms with E-state index in [0.29, 0.717) is 40.5 Å². The third-order valence-electron chi connectivity index (χ3n) is 6.05. The number of rotatable bonds is 5. The second kappa shape index (κ2) is 8.26. The van der Waals surface area contributed by atoms with Gasteiger partial charge in [0.15, 0.2) is 0 Å². The minimum Gasteiger partial charge on any atom is -0.507 e. The number of hydrogen-bond acceptors (Lipinski definition) is 4. The van der Waals surface area contributed by atoms with Crippen molar-refractivity contribution in [3.63, 3.8) is 0 Å². The van der Waals surface area contributed by atoms with Gasteiger partial charge in [0, 0.05) is 29.3 Å². The highest BCUT2D eigenvalue weighted by atomic mass is 35.5. The molecule has 2 aromatic carbocycles. The van der Waals surface area contributed by atoms with E-state index in [1.807, 2.05) is 19.1 Å². The van der Waals surface area contributed by atoms with Crippen molar-refractivity contribution in [2.24, 2.45) is 0 Å². The van der Waals surface area contributed by atoms with Gasteiger partial charge in [-0.05, 0) is 47.6 Å². The number of halogens is 1. The van der Waals surface area contributed by atoms with Gasteiger partial charge in [-0.3, -0.25) is 9.89 Å². The number of amides is 1. The Labute approximate surface area is 192 Å². The van der Waals surface area contributed by atoms with E-state index in [9.17, 15) is 15.0 Å². The lowest BCUT2D eigenvalue weighted by atomic mass is 9.85. The van der Waals surface area contributed by atoms with Gasteiger partial charge in [0.1, 0.15) is 17.1 Å². The summed E-state index contributed by atoms with van der Waals surface area (Å²) in [6.07, 6.45) is 0.469. The predicted octanol–water partition coefficient (Wildman–Crippen LogP) is 4.97. The number of aromatic nitrogens is 2. The van der Waals surface area contributed by atoms with Gasteiger partial charge in [-0.25, -0.2) is 0 Å². The van der Waals surface area contributed by atoms with Crippen LogP contribution in [0.1, 0.15) is 66.0 Å². The Hall–Kier alpha value is -2.83. The molecule has 0 spiro atoms. The standard InChI is InChI=1S/C25H28ClN3O3/c1-14-12-19(31)17(13-18(14)26)21-20-22(28-27-21)24(32)29(10-5-11-30)23(20)15-6-8-16(9-7-15)25(2,3)4/h6-9,12-13,23,30-31H,5,10-11H2,1-4H3,(H,27,28). The van der Waals surface area contributed by atoms with Crippen LogP contribution in [0.2, 0.25) is 5.02 Å². The number of nitrogens with one attached hydrogen (secondary N) is 1. The molecule has 1 amide bonds. The van der Waals surface area contributed by atoms with Crippen LogP contribution >= 0.6 is 11.6 Å². The number of aliphatic hydroxyl groups excluding tert-OH is 1. The first kappa shape index (κ1) is 22.4. The maximum absolute atomic E-state index is 13.2. The van der Waals surface area contributed by atoms with Crippen LogP contribution in [0.25, 0.3) is 11.3 Å². The highest BCUT2D eigenvalue weighted by Crippen LogP contribution is 2.45. The summed E-state index contributed by atoms with van der Waals surface area (Å²) < 4.78 is 0. The minimum atomic E-state index is -0.383. The Bertz CT molecular complexity index is 1160. The largest absolute Gasteiger partial charge is 0.507 e. The first-order chi connectivity index (χ1) is 15.1. The number of hydrogen-bond donors (Lipinski definition) is 3. The van der Waals surface area contributed by atoms with Crippen LogP contribution in [0.15, 0.2) is 36.4 Å². The maximum Gasteiger partial charge on any atom is 0.273 e. The molecule has 6 nitrogen and oxygen atoms in total. The lowest BCUT2D eigenvalue weighted by Crippen LogP contribution is -2.31. The summed E-state index contributed by atoms with van der Waals surface area (Å²) in [5, 5.41) is 27.8. The molecule has 0 saturated carbocycles. The fourth-order valence-electron chi connectivity index (χ4n) is 4.24. The molecule has 0 radical (unpaired) electrons. The van der Waals surface area contributed by atoms with E-state index in [2.05, 4.69) is 43.1 Å². The van der Waals surface area contributed by atoms with Crippen molar-refractivity contribution in [3.8, 4) is 17.0 Å². The first-order valence-corrected chi connectivity index (χ1v) is 11.1. The number of nitrogens with zero attached hydrogens (tertiary/aromatic N) is 2. The van der Waals surface area contributed by atoms with E-state index < -0.39 is 0 Å². The quantitative estimate of drug-likeness (QED) is 0.508. The summed E-state index contributed by atoms with van der Waals surface area (Å²) in [5.41, 5.74) is 5.01. The van der Waals surface area contributed by atoms with Gasteiger partial charge in [-0.2, -0.15) is 5.10 Å². The molecular formula is C25H28ClN3O3. The number of aliphatic hydroxyl groups is 1. The number of aryl methyl sites for hydroxylation is 1. The van der Waals surface area contributed by atoms with Gasteiger partial charge in [0.2, 0.25) is 0 Å². The van der Waals surface area contributed by atoms with E-state index >= 15 is 0 Å². The third-order valence-corrected chi connectivity index (χ3v) is 6.45. The molecule has 0 bridgehead atoms. The van der Waals surface area contributed by atoms with Crippen LogP contribution in [0, 0.1) is 6.92 Å². The van der Waals surface area contributed by atoms with Gasteiger partial charge in [0.05, 0.1) is 6.04 Å². The fourth-order valence-corrected chi connectivity index (χ4v) is 4.41. The van der Waals surface area contributed by atoms with E-state index in [0.717, 1.165) is 11.1 Å². The second-order valence-corrected chi connectivity index (χ2v) is 9.74. The Morgan fingerprint density at radius 3 is 2.50 bits per heavy atom. The Kier molecular flexibility index (Phi) is 5.77. The average molecular weight is 454 g/mol. The number of phenolic OH excluding ortho intramolecular Hbond substituents is 1. The zero-order valence-corrected chi connectivity index (χ0v) is 19.5. The lowest BCUT2D eigenvalue weighted by Gasteiger charge is -2.27.